The van der Waals surface area contributed by atoms with Gasteiger partial charge in [-0.1, -0.05) is 36.4 Å². The first-order chi connectivity index (χ1) is 13.6. The van der Waals surface area contributed by atoms with Gasteiger partial charge in [0.05, 0.1) is 12.3 Å². The molecule has 150 valence electrons. The summed E-state index contributed by atoms with van der Waals surface area (Å²) in [6.07, 6.45) is 0.475. The van der Waals surface area contributed by atoms with Gasteiger partial charge in [-0.25, -0.2) is 0 Å². The van der Waals surface area contributed by atoms with Crippen LogP contribution in [0.1, 0.15) is 18.1 Å². The topological polar surface area (TPSA) is 58.8 Å². The van der Waals surface area contributed by atoms with Crippen LogP contribution in [-0.4, -0.2) is 49.7 Å². The van der Waals surface area contributed by atoms with Crippen LogP contribution in [0.25, 0.3) is 0 Å². The Bertz CT molecular complexity index is 777. The van der Waals surface area contributed by atoms with E-state index in [4.69, 9.17) is 10.5 Å². The number of anilines is 1. The molecule has 0 aromatic heterocycles. The average Bonchev–Trinajstić information content (AvgIpc) is 2.70. The third-order valence-corrected chi connectivity index (χ3v) is 5.65. The van der Waals surface area contributed by atoms with Crippen LogP contribution in [0.15, 0.2) is 53.0 Å². The number of hydrogen-bond acceptors (Lipinski definition) is 5. The summed E-state index contributed by atoms with van der Waals surface area (Å²) in [6, 6.07) is 16.2. The Balaban J connectivity index is 1.55. The molecule has 2 N–H and O–H groups in total. The summed E-state index contributed by atoms with van der Waals surface area (Å²) in [5.74, 6) is -0.350. The highest BCUT2D eigenvalue weighted by Crippen LogP contribution is 2.29. The second kappa shape index (κ2) is 10.0. The lowest BCUT2D eigenvalue weighted by molar-refractivity contribution is -0.144. The van der Waals surface area contributed by atoms with Crippen molar-refractivity contribution < 1.29 is 9.53 Å². The maximum absolute atomic E-state index is 11.7. The van der Waals surface area contributed by atoms with Gasteiger partial charge >= 0.3 is 5.97 Å². The van der Waals surface area contributed by atoms with Crippen LogP contribution in [0.2, 0.25) is 0 Å². The molecule has 2 aromatic rings. The van der Waals surface area contributed by atoms with Crippen molar-refractivity contribution in [1.29, 1.82) is 0 Å². The Morgan fingerprint density at radius 1 is 1.11 bits per heavy atom. The van der Waals surface area contributed by atoms with Crippen LogP contribution < -0.4 is 10.6 Å². The fourth-order valence-corrected chi connectivity index (χ4v) is 4.19. The van der Waals surface area contributed by atoms with Gasteiger partial charge in [-0.3, -0.25) is 9.69 Å². The van der Waals surface area contributed by atoms with E-state index in [9.17, 15) is 4.79 Å². The molecule has 1 unspecified atom stereocenters. The summed E-state index contributed by atoms with van der Waals surface area (Å²) < 4.78 is 6.03. The summed E-state index contributed by atoms with van der Waals surface area (Å²) in [7, 11) is 0. The Hall–Kier alpha value is -1.89. The fraction of sp³-hybridized carbons (Fsp3) is 0.409. The molecule has 3 rings (SSSR count). The highest BCUT2D eigenvalue weighted by molar-refractivity contribution is 9.10. The van der Waals surface area contributed by atoms with Crippen molar-refractivity contribution in [3.8, 4) is 0 Å². The van der Waals surface area contributed by atoms with Crippen molar-refractivity contribution in [3.05, 3.63) is 64.1 Å². The Morgan fingerprint density at radius 2 is 1.82 bits per heavy atom. The quantitative estimate of drug-likeness (QED) is 0.662. The van der Waals surface area contributed by atoms with Crippen LogP contribution in [0.4, 0.5) is 5.69 Å². The number of nitrogens with zero attached hydrogens (tertiary/aromatic N) is 2. The first-order valence-corrected chi connectivity index (χ1v) is 10.6. The number of carbonyl (C=O) groups is 1. The van der Waals surface area contributed by atoms with Crippen LogP contribution >= 0.6 is 15.9 Å². The van der Waals surface area contributed by atoms with Crippen LogP contribution in [0.5, 0.6) is 0 Å². The molecule has 0 aliphatic carbocycles. The number of nitrogens with two attached hydrogens (primary N) is 1. The molecule has 2 aromatic carbocycles. The molecule has 0 bridgehead atoms. The molecule has 0 amide bonds. The van der Waals surface area contributed by atoms with Crippen molar-refractivity contribution in [2.24, 2.45) is 5.73 Å². The molecule has 0 radical (unpaired) electrons. The van der Waals surface area contributed by atoms with E-state index in [-0.39, 0.29) is 5.97 Å². The molecular weight excluding hydrogens is 418 g/mol. The normalized spacial score (nSPS) is 16.0. The SMILES string of the molecule is CCOC(=O)C(N)Cc1ccc(N2CCN(Cc3ccccc3)CC2)c(Br)c1. The van der Waals surface area contributed by atoms with E-state index in [2.05, 4.69) is 74.3 Å². The van der Waals surface area contributed by atoms with Crippen LogP contribution in [0, 0.1) is 0 Å². The lowest BCUT2D eigenvalue weighted by Crippen LogP contribution is -2.46. The van der Waals surface area contributed by atoms with E-state index >= 15 is 0 Å². The van der Waals surface area contributed by atoms with E-state index in [1.54, 1.807) is 6.92 Å². The molecule has 0 spiro atoms. The van der Waals surface area contributed by atoms with E-state index in [0.717, 1.165) is 42.8 Å². The van der Waals surface area contributed by atoms with Crippen LogP contribution in [0.3, 0.4) is 0 Å². The number of hydrogen-bond donors (Lipinski definition) is 1. The molecular formula is C22H28BrN3O2. The van der Waals surface area contributed by atoms with Gasteiger partial charge in [0, 0.05) is 37.2 Å². The summed E-state index contributed by atoms with van der Waals surface area (Å²) in [5.41, 5.74) is 9.51. The molecule has 1 heterocycles. The highest BCUT2D eigenvalue weighted by atomic mass is 79.9. The maximum Gasteiger partial charge on any atom is 0.323 e. The van der Waals surface area contributed by atoms with Gasteiger partial charge < -0.3 is 15.4 Å². The first-order valence-electron chi connectivity index (χ1n) is 9.78. The average molecular weight is 446 g/mol. The second-order valence-electron chi connectivity index (χ2n) is 7.10. The summed E-state index contributed by atoms with van der Waals surface area (Å²) in [6.45, 7) is 7.20. The Labute approximate surface area is 175 Å². The van der Waals surface area contributed by atoms with Gasteiger partial charge in [0.2, 0.25) is 0 Å². The summed E-state index contributed by atoms with van der Waals surface area (Å²) in [4.78, 5) is 16.6. The van der Waals surface area contributed by atoms with E-state index in [0.29, 0.717) is 13.0 Å². The largest absolute Gasteiger partial charge is 0.465 e. The molecule has 1 saturated heterocycles. The first kappa shape index (κ1) is 20.8. The third kappa shape index (κ3) is 5.56. The molecule has 6 heteroatoms. The smallest absolute Gasteiger partial charge is 0.323 e. The number of halogens is 1. The zero-order chi connectivity index (χ0) is 19.9. The highest BCUT2D eigenvalue weighted by Gasteiger charge is 2.20. The predicted octanol–water partition coefficient (Wildman–Crippen LogP) is 3.20. The van der Waals surface area contributed by atoms with Crippen molar-refractivity contribution in [2.75, 3.05) is 37.7 Å². The van der Waals surface area contributed by atoms with Crippen molar-refractivity contribution in [3.63, 3.8) is 0 Å². The minimum absolute atomic E-state index is 0.350. The van der Waals surface area contributed by atoms with Gasteiger partial charge in [0.15, 0.2) is 0 Å². The lowest BCUT2D eigenvalue weighted by atomic mass is 10.1. The molecule has 1 aliphatic rings. The zero-order valence-electron chi connectivity index (χ0n) is 16.3. The summed E-state index contributed by atoms with van der Waals surface area (Å²) >= 11 is 3.70. The second-order valence-corrected chi connectivity index (χ2v) is 7.95. The number of benzene rings is 2. The van der Waals surface area contributed by atoms with E-state index in [1.165, 1.54) is 11.3 Å². The van der Waals surface area contributed by atoms with Gasteiger partial charge in [0.1, 0.15) is 6.04 Å². The van der Waals surface area contributed by atoms with Crippen molar-refractivity contribution in [2.45, 2.75) is 25.9 Å². The maximum atomic E-state index is 11.7. The molecule has 1 aliphatic heterocycles. The van der Waals surface area contributed by atoms with Gasteiger partial charge in [0.25, 0.3) is 0 Å². The molecule has 1 fully saturated rings. The van der Waals surface area contributed by atoms with Crippen molar-refractivity contribution >= 4 is 27.6 Å². The lowest BCUT2D eigenvalue weighted by Gasteiger charge is -2.36. The minimum atomic E-state index is -0.626. The van der Waals surface area contributed by atoms with Crippen molar-refractivity contribution in [1.82, 2.24) is 4.90 Å². The summed E-state index contributed by atoms with van der Waals surface area (Å²) in [5, 5.41) is 0. The van der Waals surface area contributed by atoms with E-state index in [1.807, 2.05) is 0 Å². The minimum Gasteiger partial charge on any atom is -0.465 e. The number of piperazine rings is 1. The molecule has 5 nitrogen and oxygen atoms in total. The predicted molar refractivity (Wildman–Crippen MR) is 116 cm³/mol. The monoisotopic (exact) mass is 445 g/mol. The number of carbonyl (C=O) groups excluding carboxylic acids is 1. The number of esters is 1. The molecule has 28 heavy (non-hydrogen) atoms. The third-order valence-electron chi connectivity index (χ3n) is 5.02. The molecule has 1 atom stereocenters. The van der Waals surface area contributed by atoms with E-state index < -0.39 is 6.04 Å². The fourth-order valence-electron chi connectivity index (χ4n) is 3.51. The molecule has 0 saturated carbocycles. The van der Waals surface area contributed by atoms with Gasteiger partial charge in [-0.15, -0.1) is 0 Å². The van der Waals surface area contributed by atoms with Crippen LogP contribution in [-0.2, 0) is 22.5 Å². The van der Waals surface area contributed by atoms with Gasteiger partial charge in [-0.2, -0.15) is 0 Å². The Morgan fingerprint density at radius 3 is 2.46 bits per heavy atom. The van der Waals surface area contributed by atoms with Gasteiger partial charge in [-0.05, 0) is 52.5 Å². The standard InChI is InChI=1S/C22H28BrN3O2/c1-2-28-22(27)20(24)15-18-8-9-21(19(23)14-18)26-12-10-25(11-13-26)16-17-6-4-3-5-7-17/h3-9,14,20H,2,10-13,15-16,24H2,1H3. The number of ether oxygens (including phenoxy) is 1. The Kier molecular flexibility index (Phi) is 7.48. The zero-order valence-corrected chi connectivity index (χ0v) is 17.9. The number of rotatable bonds is 7.